The molecule has 2 amide bonds. The highest BCUT2D eigenvalue weighted by atomic mass is 35.5. The Hall–Kier alpha value is -4.61. The number of carbonyl (C=O) groups is 4. The van der Waals surface area contributed by atoms with Crippen molar-refractivity contribution in [2.24, 2.45) is 5.41 Å². The van der Waals surface area contributed by atoms with Gasteiger partial charge in [0.05, 0.1) is 32.8 Å². The Morgan fingerprint density at radius 1 is 1.04 bits per heavy atom. The SMILES string of the molecule is COc1cccc([C@H]2O[C@H](CC(=O)Nc3cccc(C(=O)O)c3C)C(=O)N(CC(C)(C)COC(C)=O)c3ccc(Cl)cc32)c1OC. The Balaban J connectivity index is 1.81. The van der Waals surface area contributed by atoms with Crippen molar-refractivity contribution in [1.29, 1.82) is 0 Å². The lowest BCUT2D eigenvalue weighted by Crippen LogP contribution is -2.46. The zero-order valence-electron chi connectivity index (χ0n) is 26.5. The number of methoxy groups -OCH3 is 2. The summed E-state index contributed by atoms with van der Waals surface area (Å²) in [4.78, 5) is 52.7. The first-order valence-electron chi connectivity index (χ1n) is 14.5. The quantitative estimate of drug-likeness (QED) is 0.246. The number of carboxylic acids is 1. The molecule has 3 aromatic carbocycles. The van der Waals surface area contributed by atoms with Gasteiger partial charge in [-0.3, -0.25) is 14.4 Å². The number of carboxylic acid groups (broad SMARTS) is 1. The summed E-state index contributed by atoms with van der Waals surface area (Å²) in [6.07, 6.45) is -2.64. The fourth-order valence-electron chi connectivity index (χ4n) is 5.37. The first kappa shape index (κ1) is 34.3. The Morgan fingerprint density at radius 2 is 1.76 bits per heavy atom. The fraction of sp³-hybridized carbons (Fsp3) is 0.353. The highest BCUT2D eigenvalue weighted by Crippen LogP contribution is 2.45. The summed E-state index contributed by atoms with van der Waals surface area (Å²) in [7, 11) is 3.00. The standard InChI is InChI=1S/C34H37ClN2O9/c1-19-22(33(41)42)9-7-11-25(19)36-29(39)16-28-32(40)37(17-34(3,4)18-45-20(2)38)26-14-13-21(35)15-24(26)30(46-28)23-10-8-12-27(43-5)31(23)44-6/h7-15,28,30H,16-18H2,1-6H3,(H,36,39)(H,41,42)/t28-,30-/m1/s1. The lowest BCUT2D eigenvalue weighted by atomic mass is 9.92. The average Bonchev–Trinajstić information content (AvgIpc) is 3.10. The number of rotatable bonds is 11. The fourth-order valence-corrected chi connectivity index (χ4v) is 5.55. The molecule has 3 aromatic rings. The Kier molecular flexibility index (Phi) is 10.6. The third kappa shape index (κ3) is 7.60. The van der Waals surface area contributed by atoms with Crippen LogP contribution in [0.15, 0.2) is 54.6 Å². The molecule has 1 aliphatic rings. The van der Waals surface area contributed by atoms with Gasteiger partial charge in [-0.15, -0.1) is 0 Å². The summed E-state index contributed by atoms with van der Waals surface area (Å²) in [5.74, 6) is -1.84. The van der Waals surface area contributed by atoms with E-state index in [1.807, 2.05) is 13.8 Å². The molecular weight excluding hydrogens is 616 g/mol. The third-order valence-electron chi connectivity index (χ3n) is 7.58. The predicted molar refractivity (Wildman–Crippen MR) is 172 cm³/mol. The maximum Gasteiger partial charge on any atom is 0.336 e. The number of nitrogens with one attached hydrogen (secondary N) is 1. The van der Waals surface area contributed by atoms with E-state index in [0.29, 0.717) is 44.6 Å². The Morgan fingerprint density at radius 3 is 2.41 bits per heavy atom. The van der Waals surface area contributed by atoms with Crippen molar-refractivity contribution in [3.63, 3.8) is 0 Å². The average molecular weight is 653 g/mol. The van der Waals surface area contributed by atoms with Crippen molar-refractivity contribution in [2.75, 3.05) is 37.6 Å². The molecule has 0 saturated carbocycles. The van der Waals surface area contributed by atoms with E-state index in [9.17, 15) is 24.3 Å². The number of aromatic carboxylic acids is 1. The number of anilines is 2. The van der Waals surface area contributed by atoms with Crippen LogP contribution in [0.5, 0.6) is 11.5 Å². The molecule has 2 N–H and O–H groups in total. The largest absolute Gasteiger partial charge is 0.493 e. The molecule has 0 aromatic heterocycles. The van der Waals surface area contributed by atoms with Gasteiger partial charge >= 0.3 is 11.9 Å². The van der Waals surface area contributed by atoms with Crippen molar-refractivity contribution < 1.29 is 43.2 Å². The van der Waals surface area contributed by atoms with Crippen LogP contribution in [0.1, 0.15) is 60.3 Å². The van der Waals surface area contributed by atoms with Crippen LogP contribution in [0.25, 0.3) is 0 Å². The molecule has 0 bridgehead atoms. The van der Waals surface area contributed by atoms with Crippen molar-refractivity contribution in [3.05, 3.63) is 81.9 Å². The van der Waals surface area contributed by atoms with E-state index in [1.54, 1.807) is 49.4 Å². The minimum Gasteiger partial charge on any atom is -0.493 e. The van der Waals surface area contributed by atoms with E-state index < -0.39 is 47.8 Å². The van der Waals surface area contributed by atoms with Crippen molar-refractivity contribution >= 4 is 46.7 Å². The topological polar surface area (TPSA) is 141 Å². The normalized spacial score (nSPS) is 16.2. The number of benzene rings is 3. The molecule has 0 saturated heterocycles. The van der Waals surface area contributed by atoms with Crippen LogP contribution in [-0.2, 0) is 23.9 Å². The molecular formula is C34H37ClN2O9. The van der Waals surface area contributed by atoms with Gasteiger partial charge < -0.3 is 34.3 Å². The van der Waals surface area contributed by atoms with Crippen LogP contribution in [0.3, 0.4) is 0 Å². The molecule has 244 valence electrons. The zero-order chi connectivity index (χ0) is 33.8. The lowest BCUT2D eigenvalue weighted by molar-refractivity contribution is -0.144. The molecule has 0 unspecified atom stereocenters. The van der Waals surface area contributed by atoms with Crippen LogP contribution in [-0.4, -0.2) is 62.3 Å². The number of nitrogens with zero attached hydrogens (tertiary/aromatic N) is 1. The van der Waals surface area contributed by atoms with Gasteiger partial charge in [-0.1, -0.05) is 43.6 Å². The van der Waals surface area contributed by atoms with Gasteiger partial charge in [0.25, 0.3) is 5.91 Å². The molecule has 1 heterocycles. The molecule has 46 heavy (non-hydrogen) atoms. The highest BCUT2D eigenvalue weighted by Gasteiger charge is 2.41. The minimum atomic E-state index is -1.31. The number of hydrogen-bond acceptors (Lipinski definition) is 8. The Labute approximate surface area is 272 Å². The molecule has 4 rings (SSSR count). The lowest BCUT2D eigenvalue weighted by Gasteiger charge is -2.33. The molecule has 0 radical (unpaired) electrons. The van der Waals surface area contributed by atoms with Crippen molar-refractivity contribution in [2.45, 2.75) is 46.3 Å². The number of esters is 1. The highest BCUT2D eigenvalue weighted by molar-refractivity contribution is 6.30. The van der Waals surface area contributed by atoms with Gasteiger partial charge in [0.15, 0.2) is 11.5 Å². The first-order valence-corrected chi connectivity index (χ1v) is 14.9. The molecule has 1 aliphatic heterocycles. The summed E-state index contributed by atoms with van der Waals surface area (Å²) in [6.45, 7) is 6.75. The second-order valence-electron chi connectivity index (χ2n) is 11.7. The molecule has 2 atom stereocenters. The van der Waals surface area contributed by atoms with E-state index >= 15 is 0 Å². The number of para-hydroxylation sites is 1. The van der Waals surface area contributed by atoms with Crippen LogP contribution in [0.4, 0.5) is 11.4 Å². The van der Waals surface area contributed by atoms with Gasteiger partial charge in [-0.05, 0) is 48.9 Å². The predicted octanol–water partition coefficient (Wildman–Crippen LogP) is 5.80. The van der Waals surface area contributed by atoms with E-state index in [4.69, 9.17) is 30.5 Å². The van der Waals surface area contributed by atoms with Gasteiger partial charge in [0.2, 0.25) is 5.91 Å². The van der Waals surface area contributed by atoms with Crippen LogP contribution >= 0.6 is 11.6 Å². The maximum atomic E-state index is 14.4. The van der Waals surface area contributed by atoms with Crippen LogP contribution < -0.4 is 19.7 Å². The second kappa shape index (κ2) is 14.2. The summed E-state index contributed by atoms with van der Waals surface area (Å²) in [6, 6.07) is 14.9. The number of ether oxygens (including phenoxy) is 4. The van der Waals surface area contributed by atoms with E-state index in [1.165, 1.54) is 38.2 Å². The van der Waals surface area contributed by atoms with E-state index in [0.717, 1.165) is 0 Å². The van der Waals surface area contributed by atoms with Gasteiger partial charge in [-0.2, -0.15) is 0 Å². The number of amides is 2. The third-order valence-corrected chi connectivity index (χ3v) is 7.82. The maximum absolute atomic E-state index is 14.4. The molecule has 11 nitrogen and oxygen atoms in total. The summed E-state index contributed by atoms with van der Waals surface area (Å²) in [5, 5.41) is 12.7. The number of carbonyl (C=O) groups excluding carboxylic acids is 3. The second-order valence-corrected chi connectivity index (χ2v) is 12.1. The number of hydrogen-bond donors (Lipinski definition) is 2. The number of halogens is 1. The molecule has 0 spiro atoms. The van der Waals surface area contributed by atoms with Crippen molar-refractivity contribution in [3.8, 4) is 11.5 Å². The summed E-state index contributed by atoms with van der Waals surface area (Å²) < 4.78 is 23.1. The minimum absolute atomic E-state index is 0.0351. The summed E-state index contributed by atoms with van der Waals surface area (Å²) >= 11 is 6.50. The smallest absolute Gasteiger partial charge is 0.336 e. The van der Waals surface area contributed by atoms with Gasteiger partial charge in [-0.25, -0.2) is 4.79 Å². The van der Waals surface area contributed by atoms with E-state index in [-0.39, 0.29) is 18.7 Å². The Bertz CT molecular complexity index is 1660. The van der Waals surface area contributed by atoms with E-state index in [2.05, 4.69) is 5.32 Å². The van der Waals surface area contributed by atoms with Crippen molar-refractivity contribution in [1.82, 2.24) is 0 Å². The van der Waals surface area contributed by atoms with Gasteiger partial charge in [0, 0.05) is 46.4 Å². The monoisotopic (exact) mass is 652 g/mol. The summed E-state index contributed by atoms with van der Waals surface area (Å²) in [5.41, 5.74) is 1.58. The van der Waals surface area contributed by atoms with Crippen LogP contribution in [0.2, 0.25) is 5.02 Å². The van der Waals surface area contributed by atoms with Gasteiger partial charge in [0.1, 0.15) is 12.2 Å². The molecule has 0 fully saturated rings. The number of fused-ring (bicyclic) bond motifs is 1. The molecule has 0 aliphatic carbocycles. The first-order chi connectivity index (χ1) is 21.8. The zero-order valence-corrected chi connectivity index (χ0v) is 27.3. The van der Waals surface area contributed by atoms with Crippen LogP contribution in [0, 0.1) is 12.3 Å². The molecule has 12 heteroatoms.